The van der Waals surface area contributed by atoms with E-state index in [0.717, 1.165) is 19.6 Å². The molecule has 0 amide bonds. The number of piperazine rings is 1. The minimum Gasteiger partial charge on any atom is -0.494 e. The van der Waals surface area contributed by atoms with Gasteiger partial charge in [-0.1, -0.05) is 12.1 Å². The van der Waals surface area contributed by atoms with E-state index in [1.165, 1.54) is 7.11 Å². The summed E-state index contributed by atoms with van der Waals surface area (Å²) in [5.41, 5.74) is 0.408. The Hall–Kier alpha value is -1.46. The fourth-order valence-corrected chi connectivity index (χ4v) is 2.72. The molecule has 0 aliphatic carbocycles. The first kappa shape index (κ1) is 15.9. The molecule has 1 aromatic rings. The summed E-state index contributed by atoms with van der Waals surface area (Å²) in [5.74, 6) is -0.174. The zero-order valence-corrected chi connectivity index (χ0v) is 12.9. The number of carbonyl (C=O) groups is 1. The van der Waals surface area contributed by atoms with Crippen LogP contribution in [-0.4, -0.2) is 62.5 Å². The maximum absolute atomic E-state index is 14.1. The van der Waals surface area contributed by atoms with Gasteiger partial charge in [-0.15, -0.1) is 0 Å². The Bertz CT molecular complexity index is 507. The van der Waals surface area contributed by atoms with Gasteiger partial charge < -0.3 is 14.5 Å². The molecular formula is C16H23FN2O2. The van der Waals surface area contributed by atoms with Gasteiger partial charge in [-0.3, -0.25) is 4.79 Å². The average Bonchev–Trinajstić information content (AvgIpc) is 2.45. The molecule has 2 rings (SSSR count). The minimum absolute atomic E-state index is 0.0642. The average molecular weight is 294 g/mol. The number of nitrogens with zero attached hydrogens (tertiary/aromatic N) is 2. The van der Waals surface area contributed by atoms with Gasteiger partial charge in [0.1, 0.15) is 5.78 Å². The highest BCUT2D eigenvalue weighted by Crippen LogP contribution is 2.21. The third-order valence-corrected chi connectivity index (χ3v) is 4.09. The SMILES string of the molecule is COc1cccc(CC(=O)CC2CN(C)CCN2C)c1F. The van der Waals surface area contributed by atoms with Crippen LogP contribution < -0.4 is 4.74 Å². The molecule has 1 unspecified atom stereocenters. The van der Waals surface area contributed by atoms with Crippen molar-refractivity contribution in [1.82, 2.24) is 9.80 Å². The Morgan fingerprint density at radius 2 is 2.14 bits per heavy atom. The number of Topliss-reactive ketones (excluding diaryl/α,β-unsaturated/α-hetero) is 1. The largest absolute Gasteiger partial charge is 0.494 e. The first-order valence-corrected chi connectivity index (χ1v) is 7.23. The van der Waals surface area contributed by atoms with E-state index in [9.17, 15) is 9.18 Å². The number of carbonyl (C=O) groups excluding carboxylic acids is 1. The molecule has 0 saturated carbocycles. The molecule has 1 atom stereocenters. The zero-order valence-electron chi connectivity index (χ0n) is 12.9. The van der Waals surface area contributed by atoms with E-state index < -0.39 is 5.82 Å². The van der Waals surface area contributed by atoms with E-state index in [4.69, 9.17) is 4.74 Å². The van der Waals surface area contributed by atoms with Crippen LogP contribution in [0.2, 0.25) is 0 Å². The number of hydrogen-bond acceptors (Lipinski definition) is 4. The summed E-state index contributed by atoms with van der Waals surface area (Å²) in [7, 11) is 5.53. The van der Waals surface area contributed by atoms with Gasteiger partial charge in [-0.2, -0.15) is 0 Å². The second-order valence-corrected chi connectivity index (χ2v) is 5.75. The number of likely N-dealkylation sites (N-methyl/N-ethyl adjacent to an activating group) is 2. The van der Waals surface area contributed by atoms with E-state index in [1.54, 1.807) is 18.2 Å². The fourth-order valence-electron chi connectivity index (χ4n) is 2.72. The van der Waals surface area contributed by atoms with E-state index >= 15 is 0 Å². The maximum Gasteiger partial charge on any atom is 0.168 e. The summed E-state index contributed by atoms with van der Waals surface area (Å²) in [6.07, 6.45) is 0.578. The molecule has 5 heteroatoms. The van der Waals surface area contributed by atoms with Crippen LogP contribution in [0.1, 0.15) is 12.0 Å². The molecule has 21 heavy (non-hydrogen) atoms. The lowest BCUT2D eigenvalue weighted by Gasteiger charge is -2.37. The van der Waals surface area contributed by atoms with Gasteiger partial charge in [0, 0.05) is 38.5 Å². The Morgan fingerprint density at radius 3 is 2.86 bits per heavy atom. The van der Waals surface area contributed by atoms with Gasteiger partial charge in [0.2, 0.25) is 0 Å². The molecule has 1 aliphatic rings. The van der Waals surface area contributed by atoms with Crippen molar-refractivity contribution in [2.24, 2.45) is 0 Å². The van der Waals surface area contributed by atoms with Crippen LogP contribution in [0.5, 0.6) is 5.75 Å². The third-order valence-electron chi connectivity index (χ3n) is 4.09. The third kappa shape index (κ3) is 4.02. The quantitative estimate of drug-likeness (QED) is 0.825. The number of methoxy groups -OCH3 is 1. The van der Waals surface area contributed by atoms with Gasteiger partial charge in [0.15, 0.2) is 11.6 Å². The number of ether oxygens (including phenoxy) is 1. The van der Waals surface area contributed by atoms with Crippen LogP contribution in [0, 0.1) is 5.82 Å². The number of halogens is 1. The van der Waals surface area contributed by atoms with Crippen LogP contribution in [0.3, 0.4) is 0 Å². The Labute approximate surface area is 125 Å². The normalized spacial score (nSPS) is 20.5. The number of rotatable bonds is 5. The predicted octanol–water partition coefficient (Wildman–Crippen LogP) is 1.58. The summed E-state index contributed by atoms with van der Waals surface area (Å²) in [6.45, 7) is 2.86. The van der Waals surface area contributed by atoms with Gasteiger partial charge in [0.25, 0.3) is 0 Å². The molecule has 116 valence electrons. The van der Waals surface area contributed by atoms with Crippen molar-refractivity contribution in [3.8, 4) is 5.75 Å². The Balaban J connectivity index is 1.98. The molecule has 4 nitrogen and oxygen atoms in total. The van der Waals surface area contributed by atoms with E-state index in [1.807, 2.05) is 7.05 Å². The van der Waals surface area contributed by atoms with Crippen molar-refractivity contribution >= 4 is 5.78 Å². The molecule has 1 saturated heterocycles. The monoisotopic (exact) mass is 294 g/mol. The van der Waals surface area contributed by atoms with Gasteiger partial charge in [-0.25, -0.2) is 4.39 Å². The highest BCUT2D eigenvalue weighted by Gasteiger charge is 2.24. The second kappa shape index (κ2) is 7.00. The summed E-state index contributed by atoms with van der Waals surface area (Å²) in [5, 5.41) is 0. The first-order chi connectivity index (χ1) is 10.0. The van der Waals surface area contributed by atoms with Crippen LogP contribution >= 0.6 is 0 Å². The molecule has 1 aliphatic heterocycles. The summed E-state index contributed by atoms with van der Waals surface area (Å²) in [6, 6.07) is 5.13. The molecule has 0 spiro atoms. The highest BCUT2D eigenvalue weighted by atomic mass is 19.1. The highest BCUT2D eigenvalue weighted by molar-refractivity contribution is 5.81. The van der Waals surface area contributed by atoms with E-state index in [2.05, 4.69) is 16.8 Å². The summed E-state index contributed by atoms with van der Waals surface area (Å²) >= 11 is 0. The first-order valence-electron chi connectivity index (χ1n) is 7.23. The van der Waals surface area contributed by atoms with Crippen molar-refractivity contribution in [3.05, 3.63) is 29.6 Å². The molecule has 1 aromatic carbocycles. The van der Waals surface area contributed by atoms with E-state index in [-0.39, 0.29) is 24.0 Å². The van der Waals surface area contributed by atoms with E-state index in [0.29, 0.717) is 12.0 Å². The topological polar surface area (TPSA) is 32.8 Å². The molecule has 0 bridgehead atoms. The van der Waals surface area contributed by atoms with Gasteiger partial charge in [-0.05, 0) is 25.7 Å². The lowest BCUT2D eigenvalue weighted by Crippen LogP contribution is -2.50. The lowest BCUT2D eigenvalue weighted by molar-refractivity contribution is -0.120. The number of ketones is 1. The molecular weight excluding hydrogens is 271 g/mol. The Morgan fingerprint density at radius 1 is 1.38 bits per heavy atom. The second-order valence-electron chi connectivity index (χ2n) is 5.75. The molecule has 1 fully saturated rings. The van der Waals surface area contributed by atoms with Crippen LogP contribution in [-0.2, 0) is 11.2 Å². The summed E-state index contributed by atoms with van der Waals surface area (Å²) in [4.78, 5) is 16.7. The van der Waals surface area contributed by atoms with Crippen molar-refractivity contribution < 1.29 is 13.9 Å². The fraction of sp³-hybridized carbons (Fsp3) is 0.562. The molecule has 0 radical (unpaired) electrons. The number of benzene rings is 1. The Kier molecular flexibility index (Phi) is 5.31. The molecule has 0 aromatic heterocycles. The van der Waals surface area contributed by atoms with Crippen molar-refractivity contribution in [2.45, 2.75) is 18.9 Å². The minimum atomic E-state index is -0.428. The molecule has 1 heterocycles. The number of hydrogen-bond donors (Lipinski definition) is 0. The van der Waals surface area contributed by atoms with Gasteiger partial charge >= 0.3 is 0 Å². The van der Waals surface area contributed by atoms with Crippen molar-refractivity contribution in [3.63, 3.8) is 0 Å². The lowest BCUT2D eigenvalue weighted by atomic mass is 10.0. The van der Waals surface area contributed by atoms with Crippen molar-refractivity contribution in [1.29, 1.82) is 0 Å². The van der Waals surface area contributed by atoms with Crippen LogP contribution in [0.25, 0.3) is 0 Å². The van der Waals surface area contributed by atoms with Gasteiger partial charge in [0.05, 0.1) is 7.11 Å². The van der Waals surface area contributed by atoms with Crippen LogP contribution in [0.15, 0.2) is 18.2 Å². The standard InChI is InChI=1S/C16H23FN2O2/c1-18-7-8-19(2)13(11-18)10-14(20)9-12-5-4-6-15(21-3)16(12)17/h4-6,13H,7-11H2,1-3H3. The zero-order chi connectivity index (χ0) is 15.4. The molecule has 0 N–H and O–H groups in total. The summed E-state index contributed by atoms with van der Waals surface area (Å²) < 4.78 is 19.0. The smallest absolute Gasteiger partial charge is 0.168 e. The van der Waals surface area contributed by atoms with Crippen molar-refractivity contribution in [2.75, 3.05) is 40.8 Å². The predicted molar refractivity (Wildman–Crippen MR) is 80.2 cm³/mol. The van der Waals surface area contributed by atoms with Crippen LogP contribution in [0.4, 0.5) is 4.39 Å². The maximum atomic E-state index is 14.1.